The van der Waals surface area contributed by atoms with E-state index < -0.39 is 11.6 Å². The second-order valence-electron chi connectivity index (χ2n) is 6.14. The summed E-state index contributed by atoms with van der Waals surface area (Å²) in [7, 11) is 0. The third-order valence-electron chi connectivity index (χ3n) is 2.79. The number of aliphatic hydroxyl groups is 1. The normalized spacial score (nSPS) is 13.1. The Bertz CT molecular complexity index is 469. The molecule has 1 unspecified atom stereocenters. The molecule has 112 valence electrons. The molecule has 0 aliphatic rings. The molecule has 0 saturated heterocycles. The van der Waals surface area contributed by atoms with Crippen LogP contribution in [0.4, 0.5) is 8.78 Å². The van der Waals surface area contributed by atoms with E-state index in [-0.39, 0.29) is 30.4 Å². The first kappa shape index (κ1) is 16.6. The fourth-order valence-corrected chi connectivity index (χ4v) is 2.01. The summed E-state index contributed by atoms with van der Waals surface area (Å²) in [5.41, 5.74) is 0.372. The van der Waals surface area contributed by atoms with Crippen molar-refractivity contribution in [1.29, 1.82) is 0 Å². The molecular weight excluding hydrogens is 264 g/mol. The monoisotopic (exact) mass is 285 g/mol. The quantitative estimate of drug-likeness (QED) is 0.873. The highest BCUT2D eigenvalue weighted by Gasteiger charge is 2.20. The van der Waals surface area contributed by atoms with Crippen LogP contribution in [0.5, 0.6) is 0 Å². The Balaban J connectivity index is 2.59. The predicted molar refractivity (Wildman–Crippen MR) is 73.2 cm³/mol. The Labute approximate surface area is 118 Å². The molecule has 0 fully saturated rings. The van der Waals surface area contributed by atoms with Gasteiger partial charge in [-0.1, -0.05) is 26.8 Å². The highest BCUT2D eigenvalue weighted by molar-refractivity contribution is 5.78. The SMILES string of the molecule is CC(C)(C)CC(CO)NC(=O)Cc1ccc(F)c(F)c1. The van der Waals surface area contributed by atoms with Crippen LogP contribution in [0.3, 0.4) is 0 Å². The van der Waals surface area contributed by atoms with E-state index in [0.29, 0.717) is 12.0 Å². The van der Waals surface area contributed by atoms with Crippen LogP contribution in [0.25, 0.3) is 0 Å². The number of carbonyl (C=O) groups excluding carboxylic acids is 1. The minimum absolute atomic E-state index is 0.0251. The number of nitrogens with one attached hydrogen (secondary N) is 1. The number of rotatable bonds is 5. The first-order valence-electron chi connectivity index (χ1n) is 6.55. The van der Waals surface area contributed by atoms with Gasteiger partial charge < -0.3 is 10.4 Å². The first-order valence-corrected chi connectivity index (χ1v) is 6.55. The van der Waals surface area contributed by atoms with Crippen LogP contribution >= 0.6 is 0 Å². The molecule has 0 aliphatic heterocycles. The molecular formula is C15H21F2NO2. The van der Waals surface area contributed by atoms with Crippen molar-refractivity contribution in [1.82, 2.24) is 5.32 Å². The Morgan fingerprint density at radius 2 is 1.95 bits per heavy atom. The third-order valence-corrected chi connectivity index (χ3v) is 2.79. The number of halogens is 2. The molecule has 2 N–H and O–H groups in total. The Kier molecular flexibility index (Phi) is 5.62. The summed E-state index contributed by atoms with van der Waals surface area (Å²) in [5, 5.41) is 12.0. The first-order chi connectivity index (χ1) is 9.21. The Hall–Kier alpha value is -1.49. The lowest BCUT2D eigenvalue weighted by atomic mass is 9.88. The van der Waals surface area contributed by atoms with Crippen LogP contribution in [0.1, 0.15) is 32.8 Å². The van der Waals surface area contributed by atoms with Gasteiger partial charge >= 0.3 is 0 Å². The number of hydrogen-bond donors (Lipinski definition) is 2. The average molecular weight is 285 g/mol. The second kappa shape index (κ2) is 6.79. The van der Waals surface area contributed by atoms with Gasteiger partial charge in [-0.2, -0.15) is 0 Å². The van der Waals surface area contributed by atoms with Gasteiger partial charge in [0.25, 0.3) is 0 Å². The van der Waals surface area contributed by atoms with Crippen LogP contribution in [-0.4, -0.2) is 23.7 Å². The molecule has 0 bridgehead atoms. The van der Waals surface area contributed by atoms with Crippen molar-refractivity contribution < 1.29 is 18.7 Å². The van der Waals surface area contributed by atoms with Crippen molar-refractivity contribution in [3.8, 4) is 0 Å². The minimum atomic E-state index is -0.969. The van der Waals surface area contributed by atoms with E-state index in [0.717, 1.165) is 12.1 Å². The zero-order valence-electron chi connectivity index (χ0n) is 12.0. The maximum absolute atomic E-state index is 13.0. The zero-order chi connectivity index (χ0) is 15.3. The van der Waals surface area contributed by atoms with Crippen LogP contribution in [0.2, 0.25) is 0 Å². The largest absolute Gasteiger partial charge is 0.394 e. The van der Waals surface area contributed by atoms with Gasteiger partial charge in [-0.15, -0.1) is 0 Å². The van der Waals surface area contributed by atoms with E-state index in [1.165, 1.54) is 6.07 Å². The molecule has 0 spiro atoms. The number of carbonyl (C=O) groups is 1. The summed E-state index contributed by atoms with van der Waals surface area (Å²) in [5.74, 6) is -2.22. The molecule has 0 aliphatic carbocycles. The summed E-state index contributed by atoms with van der Waals surface area (Å²) >= 11 is 0. The van der Waals surface area contributed by atoms with Gasteiger partial charge in [0.05, 0.1) is 19.1 Å². The van der Waals surface area contributed by atoms with Gasteiger partial charge in [-0.05, 0) is 29.5 Å². The molecule has 0 heterocycles. The van der Waals surface area contributed by atoms with Gasteiger partial charge in [0.15, 0.2) is 11.6 Å². The Morgan fingerprint density at radius 3 is 2.45 bits per heavy atom. The van der Waals surface area contributed by atoms with Crippen LogP contribution in [0.15, 0.2) is 18.2 Å². The molecule has 1 atom stereocenters. The van der Waals surface area contributed by atoms with Crippen molar-refractivity contribution in [3.05, 3.63) is 35.4 Å². The lowest BCUT2D eigenvalue weighted by Crippen LogP contribution is -2.40. The molecule has 1 amide bonds. The van der Waals surface area contributed by atoms with Crippen molar-refractivity contribution in [2.45, 2.75) is 39.7 Å². The van der Waals surface area contributed by atoms with E-state index in [4.69, 9.17) is 0 Å². The van der Waals surface area contributed by atoms with Crippen molar-refractivity contribution in [2.75, 3.05) is 6.61 Å². The van der Waals surface area contributed by atoms with Crippen LogP contribution in [-0.2, 0) is 11.2 Å². The van der Waals surface area contributed by atoms with Crippen LogP contribution in [0, 0.1) is 17.0 Å². The summed E-state index contributed by atoms with van der Waals surface area (Å²) in [6, 6.07) is 3.03. The maximum atomic E-state index is 13.0. The van der Waals surface area contributed by atoms with Crippen molar-refractivity contribution in [3.63, 3.8) is 0 Å². The summed E-state index contributed by atoms with van der Waals surface area (Å²) in [6.07, 6.45) is 0.588. The fourth-order valence-electron chi connectivity index (χ4n) is 2.01. The number of amides is 1. The summed E-state index contributed by atoms with van der Waals surface area (Å²) < 4.78 is 25.8. The summed E-state index contributed by atoms with van der Waals surface area (Å²) in [4.78, 5) is 11.8. The maximum Gasteiger partial charge on any atom is 0.224 e. The fraction of sp³-hybridized carbons (Fsp3) is 0.533. The third kappa shape index (κ3) is 5.65. The number of benzene rings is 1. The molecule has 20 heavy (non-hydrogen) atoms. The molecule has 1 aromatic rings. The van der Waals surface area contributed by atoms with Crippen LogP contribution < -0.4 is 5.32 Å². The number of hydrogen-bond acceptors (Lipinski definition) is 2. The van der Waals surface area contributed by atoms with Gasteiger partial charge in [0.2, 0.25) is 5.91 Å². The molecule has 1 rings (SSSR count). The van der Waals surface area contributed by atoms with Crippen molar-refractivity contribution >= 4 is 5.91 Å². The molecule has 0 radical (unpaired) electrons. The number of aliphatic hydroxyl groups excluding tert-OH is 1. The minimum Gasteiger partial charge on any atom is -0.394 e. The van der Waals surface area contributed by atoms with Gasteiger partial charge in [0, 0.05) is 0 Å². The van der Waals surface area contributed by atoms with Gasteiger partial charge in [-0.25, -0.2) is 8.78 Å². The lowest BCUT2D eigenvalue weighted by molar-refractivity contribution is -0.121. The molecule has 0 saturated carbocycles. The van der Waals surface area contributed by atoms with Gasteiger partial charge in [-0.3, -0.25) is 4.79 Å². The lowest BCUT2D eigenvalue weighted by Gasteiger charge is -2.25. The van der Waals surface area contributed by atoms with E-state index in [1.807, 2.05) is 20.8 Å². The standard InChI is InChI=1S/C15H21F2NO2/c1-15(2,3)8-11(9-19)18-14(20)7-10-4-5-12(16)13(17)6-10/h4-6,11,19H,7-9H2,1-3H3,(H,18,20). The Morgan fingerprint density at radius 1 is 1.30 bits per heavy atom. The second-order valence-corrected chi connectivity index (χ2v) is 6.14. The topological polar surface area (TPSA) is 49.3 Å². The molecule has 5 heteroatoms. The van der Waals surface area contributed by atoms with Crippen molar-refractivity contribution in [2.24, 2.45) is 5.41 Å². The van der Waals surface area contributed by atoms with E-state index in [2.05, 4.69) is 5.32 Å². The zero-order valence-corrected chi connectivity index (χ0v) is 12.0. The average Bonchev–Trinajstić information content (AvgIpc) is 2.31. The van der Waals surface area contributed by atoms with Gasteiger partial charge in [0.1, 0.15) is 0 Å². The molecule has 3 nitrogen and oxygen atoms in total. The van der Waals surface area contributed by atoms with E-state index in [1.54, 1.807) is 0 Å². The molecule has 1 aromatic carbocycles. The predicted octanol–water partition coefficient (Wildman–Crippen LogP) is 2.42. The highest BCUT2D eigenvalue weighted by atomic mass is 19.2. The molecule has 0 aromatic heterocycles. The summed E-state index contributed by atoms with van der Waals surface area (Å²) in [6.45, 7) is 5.88. The van der Waals surface area contributed by atoms with E-state index >= 15 is 0 Å². The smallest absolute Gasteiger partial charge is 0.224 e. The van der Waals surface area contributed by atoms with E-state index in [9.17, 15) is 18.7 Å². The highest BCUT2D eigenvalue weighted by Crippen LogP contribution is 2.20.